The van der Waals surface area contributed by atoms with Crippen molar-refractivity contribution in [1.82, 2.24) is 14.8 Å². The number of hydrogen-bond acceptors (Lipinski definition) is 6. The van der Waals surface area contributed by atoms with Gasteiger partial charge in [-0.3, -0.25) is 14.6 Å². The number of likely N-dealkylation sites (tertiary alicyclic amines) is 1. The van der Waals surface area contributed by atoms with Gasteiger partial charge in [0.15, 0.2) is 11.5 Å². The van der Waals surface area contributed by atoms with Crippen molar-refractivity contribution < 1.29 is 19.1 Å². The molecule has 4 heterocycles. The fourth-order valence-electron chi connectivity index (χ4n) is 4.48. The van der Waals surface area contributed by atoms with Gasteiger partial charge in [-0.1, -0.05) is 6.07 Å². The van der Waals surface area contributed by atoms with Crippen LogP contribution in [-0.2, 0) is 4.79 Å². The molecule has 2 amide bonds. The molecule has 3 aliphatic heterocycles. The highest BCUT2D eigenvalue weighted by molar-refractivity contribution is 7.99. The Morgan fingerprint density at radius 2 is 1.88 bits per heavy atom. The second kappa shape index (κ2) is 9.47. The van der Waals surface area contributed by atoms with E-state index >= 15 is 0 Å². The van der Waals surface area contributed by atoms with E-state index in [-0.39, 0.29) is 24.5 Å². The number of nitrogens with zero attached hydrogens (tertiary/aromatic N) is 3. The number of hydrogen-bond donors (Lipinski definition) is 0. The van der Waals surface area contributed by atoms with Gasteiger partial charge in [0.2, 0.25) is 12.7 Å². The summed E-state index contributed by atoms with van der Waals surface area (Å²) in [5.41, 5.74) is 3.42. The van der Waals surface area contributed by atoms with Gasteiger partial charge in [0.25, 0.3) is 5.91 Å². The smallest absolute Gasteiger partial charge is 0.256 e. The number of amides is 2. The Kier molecular flexibility index (Phi) is 6.26. The summed E-state index contributed by atoms with van der Waals surface area (Å²) >= 11 is 1.78. The minimum atomic E-state index is -0.00582. The van der Waals surface area contributed by atoms with Crippen LogP contribution in [0.4, 0.5) is 0 Å². The van der Waals surface area contributed by atoms with Crippen LogP contribution in [0.3, 0.4) is 0 Å². The van der Waals surface area contributed by atoms with Crippen LogP contribution >= 0.6 is 11.8 Å². The van der Waals surface area contributed by atoms with Gasteiger partial charge in [-0.2, -0.15) is 0 Å². The van der Waals surface area contributed by atoms with Crippen LogP contribution in [0, 0.1) is 6.92 Å². The van der Waals surface area contributed by atoms with Gasteiger partial charge in [-0.15, -0.1) is 11.8 Å². The largest absolute Gasteiger partial charge is 0.454 e. The zero-order chi connectivity index (χ0) is 22.8. The van der Waals surface area contributed by atoms with Crippen LogP contribution in [0.25, 0.3) is 6.08 Å². The average molecular weight is 466 g/mol. The van der Waals surface area contributed by atoms with Crippen molar-refractivity contribution in [2.24, 2.45) is 0 Å². The summed E-state index contributed by atoms with van der Waals surface area (Å²) in [5.74, 6) is 3.41. The molecule has 0 bridgehead atoms. The third-order valence-electron chi connectivity index (χ3n) is 6.34. The van der Waals surface area contributed by atoms with E-state index in [1.54, 1.807) is 17.8 Å². The Bertz CT molecular complexity index is 1090. The number of aryl methyl sites for hydroxylation is 1. The first-order valence-electron chi connectivity index (χ1n) is 11.3. The normalized spacial score (nSPS) is 18.3. The molecule has 0 spiro atoms. The molecule has 5 rings (SSSR count). The lowest BCUT2D eigenvalue weighted by molar-refractivity contribution is -0.127. The number of thioether (sulfide) groups is 1. The highest BCUT2D eigenvalue weighted by Crippen LogP contribution is 2.33. The van der Waals surface area contributed by atoms with Crippen LogP contribution in [0.15, 0.2) is 36.4 Å². The molecule has 2 fully saturated rings. The Labute approximate surface area is 197 Å². The number of carbonyl (C=O) groups excluding carboxylic acids is 2. The first kappa shape index (κ1) is 21.8. The topological polar surface area (TPSA) is 72.0 Å². The average Bonchev–Trinajstić information content (AvgIpc) is 3.54. The molecule has 0 aliphatic carbocycles. The summed E-state index contributed by atoms with van der Waals surface area (Å²) in [6, 6.07) is 9.48. The van der Waals surface area contributed by atoms with Gasteiger partial charge < -0.3 is 19.3 Å². The summed E-state index contributed by atoms with van der Waals surface area (Å²) in [5, 5.41) is 0. The first-order valence-corrected chi connectivity index (χ1v) is 12.4. The van der Waals surface area contributed by atoms with E-state index in [4.69, 9.17) is 14.5 Å². The van der Waals surface area contributed by atoms with Crippen LogP contribution < -0.4 is 9.47 Å². The number of benzene rings is 1. The number of piperidine rings is 1. The minimum absolute atomic E-state index is 0.00582. The standard InChI is InChI=1S/C25H27N3O4S/c1-17-2-5-20(25(30)28-12-13-33-15-28)24(26-17)19-8-10-27(11-9-19)23(29)7-4-18-3-6-21-22(14-18)32-16-31-21/h2-7,14,19H,8-13,15-16H2,1H3. The van der Waals surface area contributed by atoms with Gasteiger partial charge in [-0.05, 0) is 55.7 Å². The van der Waals surface area contributed by atoms with Gasteiger partial charge in [-0.25, -0.2) is 0 Å². The SMILES string of the molecule is Cc1ccc(C(=O)N2CCSC2)c(C2CCN(C(=O)C=Cc3ccc4c(c3)OCO4)CC2)n1. The van der Waals surface area contributed by atoms with Crippen molar-refractivity contribution in [2.75, 3.05) is 38.1 Å². The van der Waals surface area contributed by atoms with Gasteiger partial charge >= 0.3 is 0 Å². The minimum Gasteiger partial charge on any atom is -0.454 e. The van der Waals surface area contributed by atoms with Crippen molar-refractivity contribution in [3.05, 3.63) is 58.9 Å². The predicted molar refractivity (Wildman–Crippen MR) is 127 cm³/mol. The summed E-state index contributed by atoms with van der Waals surface area (Å²) in [4.78, 5) is 34.4. The monoisotopic (exact) mass is 465 g/mol. The lowest BCUT2D eigenvalue weighted by Crippen LogP contribution is -2.38. The molecule has 8 heteroatoms. The van der Waals surface area contributed by atoms with Crippen molar-refractivity contribution in [1.29, 1.82) is 0 Å². The maximum atomic E-state index is 13.1. The van der Waals surface area contributed by atoms with Crippen molar-refractivity contribution in [3.8, 4) is 11.5 Å². The molecule has 33 heavy (non-hydrogen) atoms. The zero-order valence-electron chi connectivity index (χ0n) is 18.7. The Balaban J connectivity index is 1.23. The molecule has 3 aliphatic rings. The van der Waals surface area contributed by atoms with E-state index in [9.17, 15) is 9.59 Å². The fourth-order valence-corrected chi connectivity index (χ4v) is 5.42. The van der Waals surface area contributed by atoms with E-state index in [0.29, 0.717) is 18.8 Å². The van der Waals surface area contributed by atoms with Gasteiger partial charge in [0.1, 0.15) is 0 Å². The molecule has 2 aromatic rings. The number of carbonyl (C=O) groups is 2. The maximum Gasteiger partial charge on any atom is 0.256 e. The Hall–Kier alpha value is -3.00. The molecule has 0 N–H and O–H groups in total. The number of fused-ring (bicyclic) bond motifs is 1. The van der Waals surface area contributed by atoms with Crippen molar-refractivity contribution >= 4 is 29.7 Å². The van der Waals surface area contributed by atoms with Crippen molar-refractivity contribution in [3.63, 3.8) is 0 Å². The van der Waals surface area contributed by atoms with Crippen LogP contribution in [0.5, 0.6) is 11.5 Å². The van der Waals surface area contributed by atoms with E-state index in [1.807, 2.05) is 53.1 Å². The summed E-state index contributed by atoms with van der Waals surface area (Å²) in [6.07, 6.45) is 5.02. The zero-order valence-corrected chi connectivity index (χ0v) is 19.5. The third-order valence-corrected chi connectivity index (χ3v) is 7.31. The molecule has 172 valence electrons. The quantitative estimate of drug-likeness (QED) is 0.642. The second-order valence-corrected chi connectivity index (χ2v) is 9.61. The van der Waals surface area contributed by atoms with Gasteiger partial charge in [0, 0.05) is 43.1 Å². The number of aromatic nitrogens is 1. The third kappa shape index (κ3) is 4.71. The first-order chi connectivity index (χ1) is 16.1. The van der Waals surface area contributed by atoms with E-state index in [0.717, 1.165) is 59.3 Å². The number of rotatable bonds is 4. The van der Waals surface area contributed by atoms with E-state index in [1.165, 1.54) is 0 Å². The maximum absolute atomic E-state index is 13.1. The summed E-state index contributed by atoms with van der Waals surface area (Å²) < 4.78 is 10.7. The second-order valence-electron chi connectivity index (χ2n) is 8.54. The molecule has 0 saturated carbocycles. The van der Waals surface area contributed by atoms with E-state index in [2.05, 4.69) is 0 Å². The molecular formula is C25H27N3O4S. The molecule has 0 radical (unpaired) electrons. The Morgan fingerprint density at radius 3 is 2.67 bits per heavy atom. The van der Waals surface area contributed by atoms with Crippen molar-refractivity contribution in [2.45, 2.75) is 25.7 Å². The highest BCUT2D eigenvalue weighted by Gasteiger charge is 2.29. The Morgan fingerprint density at radius 1 is 1.06 bits per heavy atom. The van der Waals surface area contributed by atoms with Crippen LogP contribution in [-0.4, -0.2) is 64.7 Å². The lowest BCUT2D eigenvalue weighted by Gasteiger charge is -2.32. The molecule has 1 aromatic carbocycles. The van der Waals surface area contributed by atoms with Crippen LogP contribution in [0.2, 0.25) is 0 Å². The summed E-state index contributed by atoms with van der Waals surface area (Å²) in [7, 11) is 0. The highest BCUT2D eigenvalue weighted by atomic mass is 32.2. The predicted octanol–water partition coefficient (Wildman–Crippen LogP) is 3.68. The molecule has 0 atom stereocenters. The molecule has 0 unspecified atom stereocenters. The molecule has 2 saturated heterocycles. The molecular weight excluding hydrogens is 438 g/mol. The molecule has 1 aromatic heterocycles. The van der Waals surface area contributed by atoms with E-state index < -0.39 is 0 Å². The number of ether oxygens (including phenoxy) is 2. The fraction of sp³-hybridized carbons (Fsp3) is 0.400. The summed E-state index contributed by atoms with van der Waals surface area (Å²) in [6.45, 7) is 4.29. The van der Waals surface area contributed by atoms with Gasteiger partial charge in [0.05, 0.1) is 17.1 Å². The molecule has 7 nitrogen and oxygen atoms in total. The number of pyridine rings is 1. The lowest BCUT2D eigenvalue weighted by atomic mass is 9.89. The van der Waals surface area contributed by atoms with Crippen LogP contribution in [0.1, 0.15) is 46.1 Å².